The van der Waals surface area contributed by atoms with Crippen molar-refractivity contribution in [1.82, 2.24) is 10.6 Å². The second-order valence-electron chi connectivity index (χ2n) is 8.95. The third-order valence-corrected chi connectivity index (χ3v) is 5.82. The molecule has 0 bridgehead atoms. The minimum absolute atomic E-state index is 0.178. The van der Waals surface area contributed by atoms with Crippen LogP contribution < -0.4 is 20.9 Å². The number of carboxylic acid groups (broad SMARTS) is 1. The number of nitrogens with one attached hydrogen (secondary N) is 3. The van der Waals surface area contributed by atoms with Gasteiger partial charge >= 0.3 is 12.0 Å². The first-order valence-electron chi connectivity index (χ1n) is 11.0. The lowest BCUT2D eigenvalue weighted by molar-refractivity contribution is -0.143. The number of benzene rings is 1. The third-order valence-electron chi connectivity index (χ3n) is 5.82. The molecular formula is C23H34N4O5. The van der Waals surface area contributed by atoms with Crippen LogP contribution in [0.4, 0.5) is 16.2 Å². The van der Waals surface area contributed by atoms with E-state index in [0.29, 0.717) is 17.8 Å². The predicted octanol–water partition coefficient (Wildman–Crippen LogP) is 2.82. The summed E-state index contributed by atoms with van der Waals surface area (Å²) in [4.78, 5) is 52.1. The molecule has 0 fully saturated rings. The molecule has 4 atom stereocenters. The summed E-state index contributed by atoms with van der Waals surface area (Å²) in [5, 5.41) is 17.6. The molecule has 1 heterocycles. The van der Waals surface area contributed by atoms with E-state index < -0.39 is 36.0 Å². The van der Waals surface area contributed by atoms with Crippen LogP contribution in [0.15, 0.2) is 24.3 Å². The Hall–Kier alpha value is -3.10. The highest BCUT2D eigenvalue weighted by molar-refractivity contribution is 6.12. The lowest BCUT2D eigenvalue weighted by atomic mass is 9.96. The number of hydrogen-bond acceptors (Lipinski definition) is 4. The number of urea groups is 1. The summed E-state index contributed by atoms with van der Waals surface area (Å²) in [6.45, 7) is 10.8. The SMILES string of the molecule is CC[C@H](C)[C@H](NC(=O)[C@@H](NC(=O)N1c2ccccc2NC(=O)[C@@H]1C(C)C)C(C)C)C(=O)O. The first-order valence-corrected chi connectivity index (χ1v) is 11.0. The van der Waals surface area contributed by atoms with Gasteiger partial charge in [0.1, 0.15) is 18.1 Å². The van der Waals surface area contributed by atoms with Crippen molar-refractivity contribution in [3.8, 4) is 0 Å². The molecule has 0 spiro atoms. The molecule has 0 saturated carbocycles. The van der Waals surface area contributed by atoms with Crippen LogP contribution in [0.25, 0.3) is 0 Å². The average Bonchev–Trinajstić information content (AvgIpc) is 2.73. The molecule has 1 aromatic rings. The standard InChI is InChI=1S/C23H34N4O5/c1-7-14(6)18(22(30)31)25-20(28)17(12(2)3)26-23(32)27-16-11-9-8-10-15(16)24-21(29)19(27)13(4)5/h8-14,17-19H,7H2,1-6H3,(H,24,29)(H,25,28)(H,26,32)(H,30,31)/t14-,17-,18-,19-/m0/s1. The maximum atomic E-state index is 13.4. The van der Waals surface area contributed by atoms with Crippen molar-refractivity contribution >= 4 is 35.2 Å². The van der Waals surface area contributed by atoms with Crippen LogP contribution in [0.5, 0.6) is 0 Å². The van der Waals surface area contributed by atoms with Gasteiger partial charge in [-0.2, -0.15) is 0 Å². The van der Waals surface area contributed by atoms with E-state index in [9.17, 15) is 24.3 Å². The molecule has 0 unspecified atom stereocenters. The minimum atomic E-state index is -1.12. The zero-order valence-electron chi connectivity index (χ0n) is 19.5. The van der Waals surface area contributed by atoms with Gasteiger partial charge in [0.2, 0.25) is 11.8 Å². The van der Waals surface area contributed by atoms with E-state index in [1.165, 1.54) is 4.90 Å². The molecule has 32 heavy (non-hydrogen) atoms. The van der Waals surface area contributed by atoms with Crippen molar-refractivity contribution in [1.29, 1.82) is 0 Å². The highest BCUT2D eigenvalue weighted by atomic mass is 16.4. The summed E-state index contributed by atoms with van der Waals surface area (Å²) in [6, 6.07) is 3.59. The van der Waals surface area contributed by atoms with Crippen LogP contribution in [0.2, 0.25) is 0 Å². The van der Waals surface area contributed by atoms with E-state index in [1.807, 2.05) is 20.8 Å². The number of hydrogen-bond donors (Lipinski definition) is 4. The van der Waals surface area contributed by atoms with E-state index >= 15 is 0 Å². The summed E-state index contributed by atoms with van der Waals surface area (Å²) in [7, 11) is 0. The van der Waals surface area contributed by atoms with Gasteiger partial charge in [-0.3, -0.25) is 14.5 Å². The molecule has 176 valence electrons. The number of carboxylic acids is 1. The molecule has 0 saturated heterocycles. The van der Waals surface area contributed by atoms with Crippen molar-refractivity contribution in [3.63, 3.8) is 0 Å². The van der Waals surface area contributed by atoms with Gasteiger partial charge in [-0.1, -0.05) is 60.1 Å². The van der Waals surface area contributed by atoms with E-state index in [1.54, 1.807) is 45.0 Å². The Balaban J connectivity index is 2.32. The quantitative estimate of drug-likeness (QED) is 0.488. The highest BCUT2D eigenvalue weighted by Gasteiger charge is 2.40. The molecule has 1 aliphatic heterocycles. The van der Waals surface area contributed by atoms with Crippen LogP contribution in [0.3, 0.4) is 0 Å². The smallest absolute Gasteiger partial charge is 0.326 e. The molecule has 0 aliphatic carbocycles. The van der Waals surface area contributed by atoms with Crippen molar-refractivity contribution in [2.45, 2.75) is 66.1 Å². The van der Waals surface area contributed by atoms with Crippen molar-refractivity contribution in [2.75, 3.05) is 10.2 Å². The number of carbonyl (C=O) groups excluding carboxylic acids is 3. The minimum Gasteiger partial charge on any atom is -0.480 e. The Kier molecular flexibility index (Phi) is 8.24. The Bertz CT molecular complexity index is 870. The number of aliphatic carboxylic acids is 1. The number of fused-ring (bicyclic) bond motifs is 1. The number of anilines is 2. The molecule has 4 N–H and O–H groups in total. The number of para-hydroxylation sites is 2. The molecule has 9 nitrogen and oxygen atoms in total. The van der Waals surface area contributed by atoms with E-state index in [4.69, 9.17) is 0 Å². The molecule has 0 aromatic heterocycles. The van der Waals surface area contributed by atoms with Crippen LogP contribution >= 0.6 is 0 Å². The summed E-state index contributed by atoms with van der Waals surface area (Å²) in [5.41, 5.74) is 1.05. The Morgan fingerprint density at radius 1 is 1.06 bits per heavy atom. The monoisotopic (exact) mass is 446 g/mol. The summed E-state index contributed by atoms with van der Waals surface area (Å²) >= 11 is 0. The van der Waals surface area contributed by atoms with Gasteiger partial charge in [0.25, 0.3) is 0 Å². The summed E-state index contributed by atoms with van der Waals surface area (Å²) in [5.74, 6) is -2.76. The molecule has 0 radical (unpaired) electrons. The van der Waals surface area contributed by atoms with Gasteiger partial charge in [0.15, 0.2) is 0 Å². The predicted molar refractivity (Wildman–Crippen MR) is 122 cm³/mol. The fraction of sp³-hybridized carbons (Fsp3) is 0.565. The van der Waals surface area contributed by atoms with Gasteiger partial charge in [-0.05, 0) is 29.9 Å². The van der Waals surface area contributed by atoms with Gasteiger partial charge in [0.05, 0.1) is 11.4 Å². The zero-order valence-corrected chi connectivity index (χ0v) is 19.5. The maximum absolute atomic E-state index is 13.4. The number of nitrogens with zero attached hydrogens (tertiary/aromatic N) is 1. The Morgan fingerprint density at radius 3 is 2.22 bits per heavy atom. The molecule has 9 heteroatoms. The Morgan fingerprint density at radius 2 is 1.69 bits per heavy atom. The average molecular weight is 447 g/mol. The third kappa shape index (κ3) is 5.38. The molecule has 2 rings (SSSR count). The lowest BCUT2D eigenvalue weighted by Crippen LogP contribution is -2.61. The highest BCUT2D eigenvalue weighted by Crippen LogP contribution is 2.34. The fourth-order valence-electron chi connectivity index (χ4n) is 3.76. The Labute approximate surface area is 188 Å². The normalized spacial score (nSPS) is 18.4. The van der Waals surface area contributed by atoms with Gasteiger partial charge < -0.3 is 21.1 Å². The van der Waals surface area contributed by atoms with Crippen LogP contribution in [0.1, 0.15) is 48.0 Å². The van der Waals surface area contributed by atoms with E-state index in [2.05, 4.69) is 16.0 Å². The molecule has 1 aliphatic rings. The summed E-state index contributed by atoms with van der Waals surface area (Å²) in [6.07, 6.45) is 0.575. The maximum Gasteiger partial charge on any atom is 0.326 e. The van der Waals surface area contributed by atoms with Crippen LogP contribution in [-0.4, -0.2) is 47.0 Å². The number of rotatable bonds is 8. The molecule has 4 amide bonds. The fourth-order valence-corrected chi connectivity index (χ4v) is 3.76. The first kappa shape index (κ1) is 25.2. The molecule has 1 aromatic carbocycles. The van der Waals surface area contributed by atoms with Gasteiger partial charge in [-0.25, -0.2) is 9.59 Å². The largest absolute Gasteiger partial charge is 0.480 e. The summed E-state index contributed by atoms with van der Waals surface area (Å²) < 4.78 is 0. The van der Waals surface area contributed by atoms with Crippen molar-refractivity contribution in [3.05, 3.63) is 24.3 Å². The first-order chi connectivity index (χ1) is 15.0. The van der Waals surface area contributed by atoms with Crippen LogP contribution in [0, 0.1) is 17.8 Å². The second-order valence-corrected chi connectivity index (χ2v) is 8.95. The number of carbonyl (C=O) groups is 4. The molecular weight excluding hydrogens is 412 g/mol. The van der Waals surface area contributed by atoms with Gasteiger partial charge in [-0.15, -0.1) is 0 Å². The topological polar surface area (TPSA) is 128 Å². The zero-order chi connectivity index (χ0) is 24.2. The van der Waals surface area contributed by atoms with Crippen LogP contribution in [-0.2, 0) is 14.4 Å². The van der Waals surface area contributed by atoms with E-state index in [-0.39, 0.29) is 23.7 Å². The lowest BCUT2D eigenvalue weighted by Gasteiger charge is -2.39. The second kappa shape index (κ2) is 10.5. The van der Waals surface area contributed by atoms with Crippen molar-refractivity contribution < 1.29 is 24.3 Å². The van der Waals surface area contributed by atoms with Crippen molar-refractivity contribution in [2.24, 2.45) is 17.8 Å². The van der Waals surface area contributed by atoms with E-state index in [0.717, 1.165) is 0 Å². The van der Waals surface area contributed by atoms with Gasteiger partial charge in [0, 0.05) is 0 Å². The number of amides is 4.